The molecule has 172 valence electrons. The molecule has 5 rings (SSSR count). The number of nitrogens with one attached hydrogen (secondary N) is 1. The molecule has 5 nitrogen and oxygen atoms in total. The highest BCUT2D eigenvalue weighted by molar-refractivity contribution is 6.46. The van der Waals surface area contributed by atoms with Crippen LogP contribution in [-0.4, -0.2) is 24.9 Å². The molecular formula is C29H29N3O2. The third kappa shape index (κ3) is 3.98. The Morgan fingerprint density at radius 3 is 2.00 bits per heavy atom. The van der Waals surface area contributed by atoms with E-state index < -0.39 is 0 Å². The van der Waals surface area contributed by atoms with Gasteiger partial charge in [-0.3, -0.25) is 9.59 Å². The van der Waals surface area contributed by atoms with Crippen LogP contribution in [0, 0.1) is 20.8 Å². The van der Waals surface area contributed by atoms with Gasteiger partial charge in [-0.1, -0.05) is 35.9 Å². The first-order chi connectivity index (χ1) is 16.4. The fourth-order valence-electron chi connectivity index (χ4n) is 4.61. The van der Waals surface area contributed by atoms with Gasteiger partial charge in [0, 0.05) is 24.5 Å². The molecule has 2 amide bonds. The van der Waals surface area contributed by atoms with Crippen molar-refractivity contribution >= 4 is 34.4 Å². The van der Waals surface area contributed by atoms with E-state index >= 15 is 0 Å². The third-order valence-corrected chi connectivity index (χ3v) is 6.78. The molecule has 0 radical (unpaired) electrons. The molecule has 1 N–H and O–H groups in total. The lowest BCUT2D eigenvalue weighted by atomic mass is 9.99. The first kappa shape index (κ1) is 22.0. The molecule has 3 aromatic rings. The van der Waals surface area contributed by atoms with Gasteiger partial charge in [-0.15, -0.1) is 0 Å². The van der Waals surface area contributed by atoms with E-state index in [0.29, 0.717) is 17.0 Å². The molecule has 34 heavy (non-hydrogen) atoms. The normalized spacial score (nSPS) is 16.1. The lowest BCUT2D eigenvalue weighted by Gasteiger charge is -2.18. The smallest absolute Gasteiger partial charge is 0.282 e. The predicted molar refractivity (Wildman–Crippen MR) is 138 cm³/mol. The standard InChI is InChI=1S/C29H29N3O2/c1-19-6-12-25(13-7-19)32-28(33)26(22-9-8-20(2)21(3)18-22)27(29(32)34)30-23-10-14-24(15-11-23)31-16-4-5-17-31/h6-15,18,30H,4-5,16-17H2,1-3H3. The number of carbonyl (C=O) groups is 2. The van der Waals surface area contributed by atoms with E-state index in [1.165, 1.54) is 23.4 Å². The Balaban J connectivity index is 1.53. The Labute approximate surface area is 200 Å². The Hall–Kier alpha value is -3.86. The molecule has 0 aromatic heterocycles. The summed E-state index contributed by atoms with van der Waals surface area (Å²) in [6.45, 7) is 8.19. The van der Waals surface area contributed by atoms with Crippen molar-refractivity contribution in [3.63, 3.8) is 0 Å². The van der Waals surface area contributed by atoms with Crippen molar-refractivity contribution in [1.29, 1.82) is 0 Å². The number of imide groups is 1. The second kappa shape index (κ2) is 8.82. The summed E-state index contributed by atoms with van der Waals surface area (Å²) in [6.07, 6.45) is 2.44. The monoisotopic (exact) mass is 451 g/mol. The summed E-state index contributed by atoms with van der Waals surface area (Å²) in [5, 5.41) is 3.28. The summed E-state index contributed by atoms with van der Waals surface area (Å²) in [4.78, 5) is 30.9. The molecule has 2 aliphatic heterocycles. The van der Waals surface area contributed by atoms with Crippen LogP contribution in [0.15, 0.2) is 72.4 Å². The largest absolute Gasteiger partial charge is 0.372 e. The van der Waals surface area contributed by atoms with Crippen LogP contribution in [0.4, 0.5) is 17.1 Å². The summed E-state index contributed by atoms with van der Waals surface area (Å²) in [5.41, 5.74) is 7.28. The molecule has 3 aromatic carbocycles. The molecule has 2 aliphatic rings. The first-order valence-electron chi connectivity index (χ1n) is 11.8. The Morgan fingerprint density at radius 2 is 1.35 bits per heavy atom. The molecule has 1 fully saturated rings. The van der Waals surface area contributed by atoms with E-state index in [1.54, 1.807) is 0 Å². The number of hydrogen-bond acceptors (Lipinski definition) is 4. The van der Waals surface area contributed by atoms with E-state index in [2.05, 4.69) is 22.3 Å². The van der Waals surface area contributed by atoms with Crippen LogP contribution in [0.5, 0.6) is 0 Å². The SMILES string of the molecule is Cc1ccc(N2C(=O)C(Nc3ccc(N4CCCC4)cc3)=C(c3ccc(C)c(C)c3)C2=O)cc1. The summed E-state index contributed by atoms with van der Waals surface area (Å²) in [5.74, 6) is -0.654. The molecule has 2 heterocycles. The molecule has 0 aliphatic carbocycles. The number of rotatable bonds is 5. The topological polar surface area (TPSA) is 52.7 Å². The van der Waals surface area contributed by atoms with E-state index in [1.807, 2.05) is 75.4 Å². The van der Waals surface area contributed by atoms with Gasteiger partial charge in [-0.2, -0.15) is 0 Å². The Kier molecular flexibility index (Phi) is 5.70. The van der Waals surface area contributed by atoms with Crippen LogP contribution < -0.4 is 15.1 Å². The maximum atomic E-state index is 13.6. The van der Waals surface area contributed by atoms with Gasteiger partial charge in [0.1, 0.15) is 5.70 Å². The van der Waals surface area contributed by atoms with Gasteiger partial charge < -0.3 is 10.2 Å². The van der Waals surface area contributed by atoms with E-state index in [9.17, 15) is 9.59 Å². The molecule has 1 saturated heterocycles. The number of nitrogens with zero attached hydrogens (tertiary/aromatic N) is 2. The van der Waals surface area contributed by atoms with Crippen molar-refractivity contribution in [1.82, 2.24) is 0 Å². The van der Waals surface area contributed by atoms with Crippen molar-refractivity contribution in [2.75, 3.05) is 28.2 Å². The first-order valence-corrected chi connectivity index (χ1v) is 11.8. The summed E-state index contributed by atoms with van der Waals surface area (Å²) in [7, 11) is 0. The quantitative estimate of drug-likeness (QED) is 0.513. The molecule has 5 heteroatoms. The van der Waals surface area contributed by atoms with E-state index in [-0.39, 0.29) is 11.8 Å². The summed E-state index contributed by atoms with van der Waals surface area (Å²) < 4.78 is 0. The van der Waals surface area contributed by atoms with Crippen molar-refractivity contribution < 1.29 is 9.59 Å². The molecule has 0 spiro atoms. The number of amides is 2. The van der Waals surface area contributed by atoms with Crippen molar-refractivity contribution in [3.05, 3.63) is 94.7 Å². The second-order valence-electron chi connectivity index (χ2n) is 9.20. The average molecular weight is 452 g/mol. The highest BCUT2D eigenvalue weighted by Gasteiger charge is 2.40. The fraction of sp³-hybridized carbons (Fsp3) is 0.241. The number of anilines is 3. The summed E-state index contributed by atoms with van der Waals surface area (Å²) in [6, 6.07) is 21.4. The second-order valence-corrected chi connectivity index (χ2v) is 9.20. The summed E-state index contributed by atoms with van der Waals surface area (Å²) >= 11 is 0. The molecule has 0 saturated carbocycles. The van der Waals surface area contributed by atoms with Gasteiger partial charge in [0.15, 0.2) is 0 Å². The average Bonchev–Trinajstić information content (AvgIpc) is 3.45. The molecule has 0 unspecified atom stereocenters. The van der Waals surface area contributed by atoms with E-state index in [0.717, 1.165) is 41.0 Å². The van der Waals surface area contributed by atoms with Crippen molar-refractivity contribution in [3.8, 4) is 0 Å². The Morgan fingerprint density at radius 1 is 0.706 bits per heavy atom. The van der Waals surface area contributed by atoms with Gasteiger partial charge in [-0.25, -0.2) is 4.90 Å². The van der Waals surface area contributed by atoms with Crippen LogP contribution in [0.2, 0.25) is 0 Å². The zero-order chi connectivity index (χ0) is 23.8. The van der Waals surface area contributed by atoms with Gasteiger partial charge in [-0.05, 0) is 86.7 Å². The third-order valence-electron chi connectivity index (χ3n) is 6.78. The van der Waals surface area contributed by atoms with Gasteiger partial charge in [0.05, 0.1) is 11.3 Å². The highest BCUT2D eigenvalue weighted by Crippen LogP contribution is 2.35. The lowest BCUT2D eigenvalue weighted by Crippen LogP contribution is -2.32. The minimum atomic E-state index is -0.342. The molecule has 0 bridgehead atoms. The maximum absolute atomic E-state index is 13.6. The predicted octanol–water partition coefficient (Wildman–Crippen LogP) is 5.61. The fourth-order valence-corrected chi connectivity index (χ4v) is 4.61. The lowest BCUT2D eigenvalue weighted by molar-refractivity contribution is -0.120. The minimum absolute atomic E-state index is 0.308. The van der Waals surface area contributed by atoms with Gasteiger partial charge >= 0.3 is 0 Å². The van der Waals surface area contributed by atoms with Crippen molar-refractivity contribution in [2.45, 2.75) is 33.6 Å². The minimum Gasteiger partial charge on any atom is -0.372 e. The molecule has 0 atom stereocenters. The van der Waals surface area contributed by atoms with Crippen LogP contribution in [-0.2, 0) is 9.59 Å². The van der Waals surface area contributed by atoms with Crippen molar-refractivity contribution in [2.24, 2.45) is 0 Å². The van der Waals surface area contributed by atoms with Crippen LogP contribution in [0.1, 0.15) is 35.1 Å². The molecular weight excluding hydrogens is 422 g/mol. The van der Waals surface area contributed by atoms with E-state index in [4.69, 9.17) is 0 Å². The van der Waals surface area contributed by atoms with Gasteiger partial charge in [0.25, 0.3) is 11.8 Å². The van der Waals surface area contributed by atoms with Crippen LogP contribution in [0.25, 0.3) is 5.57 Å². The highest BCUT2D eigenvalue weighted by atomic mass is 16.2. The van der Waals surface area contributed by atoms with Gasteiger partial charge in [0.2, 0.25) is 0 Å². The number of carbonyl (C=O) groups excluding carboxylic acids is 2. The maximum Gasteiger partial charge on any atom is 0.282 e. The van der Waals surface area contributed by atoms with Crippen LogP contribution in [0.3, 0.4) is 0 Å². The zero-order valence-electron chi connectivity index (χ0n) is 19.9. The Bertz CT molecular complexity index is 1280. The number of aryl methyl sites for hydroxylation is 3. The zero-order valence-corrected chi connectivity index (χ0v) is 19.9. The van der Waals surface area contributed by atoms with Crippen LogP contribution >= 0.6 is 0 Å². The number of hydrogen-bond donors (Lipinski definition) is 1. The number of benzene rings is 3.